The molecule has 3 saturated carbocycles. The van der Waals surface area contributed by atoms with Gasteiger partial charge in [-0.2, -0.15) is 0 Å². The van der Waals surface area contributed by atoms with Crippen molar-refractivity contribution in [3.05, 3.63) is 35.0 Å². The fourth-order valence-electron chi connectivity index (χ4n) is 4.63. The number of rotatable bonds is 3. The molecule has 0 aliphatic heterocycles. The smallest absolute Gasteiger partial charge is 0.255 e. The van der Waals surface area contributed by atoms with Crippen LogP contribution in [0.1, 0.15) is 48.9 Å². The van der Waals surface area contributed by atoms with Crippen molar-refractivity contribution in [2.24, 2.45) is 11.3 Å². The van der Waals surface area contributed by atoms with Crippen LogP contribution in [0.2, 0.25) is 5.02 Å². The summed E-state index contributed by atoms with van der Waals surface area (Å²) in [6.07, 6.45) is 9.73. The first-order valence-corrected chi connectivity index (χ1v) is 8.96. The van der Waals surface area contributed by atoms with Crippen molar-refractivity contribution < 1.29 is 4.79 Å². The maximum absolute atomic E-state index is 12.9. The summed E-state index contributed by atoms with van der Waals surface area (Å²) < 4.78 is 0. The van der Waals surface area contributed by atoms with E-state index in [4.69, 9.17) is 11.6 Å². The number of amides is 1. The summed E-state index contributed by atoms with van der Waals surface area (Å²) in [5.74, 6) is 1.05. The van der Waals surface area contributed by atoms with E-state index >= 15 is 0 Å². The Morgan fingerprint density at radius 3 is 2.70 bits per heavy atom. The van der Waals surface area contributed by atoms with Gasteiger partial charge in [-0.3, -0.25) is 4.79 Å². The molecule has 2 bridgehead atoms. The molecule has 1 amide bonds. The molecule has 3 aliphatic rings. The Labute approximate surface area is 142 Å². The number of carbonyl (C=O) groups is 1. The summed E-state index contributed by atoms with van der Waals surface area (Å²) in [6.45, 7) is 0.881. The van der Waals surface area contributed by atoms with Crippen molar-refractivity contribution in [3.63, 3.8) is 0 Å². The Kier molecular flexibility index (Phi) is 3.64. The number of benzene rings is 1. The number of halogens is 1. The third-order valence-electron chi connectivity index (χ3n) is 6.04. The molecule has 1 aromatic carbocycles. The van der Waals surface area contributed by atoms with Crippen LogP contribution >= 0.6 is 11.6 Å². The van der Waals surface area contributed by atoms with Crippen LogP contribution < -0.4 is 0 Å². The highest BCUT2D eigenvalue weighted by atomic mass is 35.5. The van der Waals surface area contributed by atoms with Crippen molar-refractivity contribution >= 4 is 28.4 Å². The van der Waals surface area contributed by atoms with Crippen LogP contribution in [0.25, 0.3) is 10.9 Å². The Morgan fingerprint density at radius 2 is 2.00 bits per heavy atom. The topological polar surface area (TPSA) is 36.1 Å². The summed E-state index contributed by atoms with van der Waals surface area (Å²) in [5, 5.41) is 1.58. The number of nitrogens with one attached hydrogen (secondary N) is 1. The van der Waals surface area contributed by atoms with Crippen LogP contribution in [0, 0.1) is 11.3 Å². The first-order valence-electron chi connectivity index (χ1n) is 8.58. The Hall–Kier alpha value is -1.48. The van der Waals surface area contributed by atoms with E-state index in [2.05, 4.69) is 4.98 Å². The van der Waals surface area contributed by atoms with Crippen molar-refractivity contribution in [2.45, 2.75) is 38.5 Å². The average molecular weight is 331 g/mol. The lowest BCUT2D eigenvalue weighted by atomic mass is 9.60. The zero-order valence-electron chi connectivity index (χ0n) is 13.6. The Morgan fingerprint density at radius 1 is 1.30 bits per heavy atom. The first-order chi connectivity index (χ1) is 11.1. The summed E-state index contributed by atoms with van der Waals surface area (Å²) in [6, 6.07) is 5.64. The molecule has 4 heteroatoms. The monoisotopic (exact) mass is 330 g/mol. The van der Waals surface area contributed by atoms with Gasteiger partial charge in [-0.15, -0.1) is 0 Å². The van der Waals surface area contributed by atoms with Crippen LogP contribution in [0.15, 0.2) is 24.4 Å². The molecule has 0 spiro atoms. The number of aromatic nitrogens is 1. The largest absolute Gasteiger partial charge is 0.360 e. The van der Waals surface area contributed by atoms with Gasteiger partial charge in [0.15, 0.2) is 0 Å². The van der Waals surface area contributed by atoms with Crippen LogP contribution in [0.5, 0.6) is 0 Å². The molecule has 3 aliphatic carbocycles. The van der Waals surface area contributed by atoms with Crippen LogP contribution in [0.4, 0.5) is 0 Å². The van der Waals surface area contributed by atoms with Gasteiger partial charge in [0.25, 0.3) is 5.91 Å². The average Bonchev–Trinajstić information content (AvgIpc) is 2.98. The molecule has 2 aromatic rings. The molecule has 23 heavy (non-hydrogen) atoms. The number of nitrogens with zero attached hydrogens (tertiary/aromatic N) is 1. The first kappa shape index (κ1) is 15.1. The van der Waals surface area contributed by atoms with Crippen molar-refractivity contribution in [1.29, 1.82) is 0 Å². The molecule has 0 saturated heterocycles. The molecular weight excluding hydrogens is 308 g/mol. The van der Waals surface area contributed by atoms with Gasteiger partial charge in [-0.25, -0.2) is 0 Å². The van der Waals surface area contributed by atoms with Gasteiger partial charge >= 0.3 is 0 Å². The number of aromatic amines is 1. The van der Waals surface area contributed by atoms with E-state index in [1.807, 2.05) is 36.3 Å². The Bertz CT molecular complexity index is 729. The SMILES string of the molecule is CN(CC12CCC(CC1)CC2)C(=O)c1c[nH]c2ccc(Cl)cc12. The normalized spacial score (nSPS) is 26.6. The molecule has 1 aromatic heterocycles. The third-order valence-corrected chi connectivity index (χ3v) is 6.28. The number of carbonyl (C=O) groups excluding carboxylic acids is 1. The summed E-state index contributed by atoms with van der Waals surface area (Å²) in [4.78, 5) is 18.0. The second kappa shape index (κ2) is 5.55. The van der Waals surface area contributed by atoms with Crippen molar-refractivity contribution in [2.75, 3.05) is 13.6 Å². The zero-order chi connectivity index (χ0) is 16.0. The van der Waals surface area contributed by atoms with Gasteiger partial charge in [0, 0.05) is 35.7 Å². The molecule has 0 atom stereocenters. The van der Waals surface area contributed by atoms with Gasteiger partial charge < -0.3 is 9.88 Å². The number of hydrogen-bond acceptors (Lipinski definition) is 1. The summed E-state index contributed by atoms with van der Waals surface area (Å²) in [5.41, 5.74) is 2.05. The third kappa shape index (κ3) is 2.65. The van der Waals surface area contributed by atoms with Gasteiger partial charge in [0.05, 0.1) is 5.56 Å². The highest BCUT2D eigenvalue weighted by Crippen LogP contribution is 2.50. The van der Waals surface area contributed by atoms with E-state index in [1.165, 1.54) is 38.5 Å². The zero-order valence-corrected chi connectivity index (χ0v) is 14.3. The minimum atomic E-state index is 0.0978. The molecule has 0 unspecified atom stereocenters. The minimum absolute atomic E-state index is 0.0978. The van der Waals surface area contributed by atoms with E-state index in [1.54, 1.807) is 0 Å². The fraction of sp³-hybridized carbons (Fsp3) is 0.526. The molecule has 122 valence electrons. The van der Waals surface area contributed by atoms with Crippen LogP contribution in [-0.2, 0) is 0 Å². The van der Waals surface area contributed by atoms with E-state index < -0.39 is 0 Å². The fourth-order valence-corrected chi connectivity index (χ4v) is 4.80. The maximum atomic E-state index is 12.9. The lowest BCUT2D eigenvalue weighted by Crippen LogP contribution is -2.44. The number of fused-ring (bicyclic) bond motifs is 4. The number of hydrogen-bond donors (Lipinski definition) is 1. The van der Waals surface area contributed by atoms with Crippen LogP contribution in [0.3, 0.4) is 0 Å². The summed E-state index contributed by atoms with van der Waals surface area (Å²) >= 11 is 6.10. The Balaban J connectivity index is 1.56. The predicted octanol–water partition coefficient (Wildman–Crippen LogP) is 4.86. The van der Waals surface area contributed by atoms with E-state index in [0.717, 1.165) is 28.9 Å². The lowest BCUT2D eigenvalue weighted by molar-refractivity contribution is 0.0300. The van der Waals surface area contributed by atoms with E-state index in [0.29, 0.717) is 10.4 Å². The van der Waals surface area contributed by atoms with Gasteiger partial charge in [0.2, 0.25) is 0 Å². The molecule has 3 fully saturated rings. The predicted molar refractivity (Wildman–Crippen MR) is 93.9 cm³/mol. The van der Waals surface area contributed by atoms with Crippen molar-refractivity contribution in [1.82, 2.24) is 9.88 Å². The standard InChI is InChI=1S/C19H23ClN2O/c1-22(12-19-7-4-13(5-8-19)6-9-19)18(23)16-11-21-17-3-2-14(20)10-15(16)17/h2-3,10-11,13,21H,4-9,12H2,1H3. The molecule has 0 radical (unpaired) electrons. The minimum Gasteiger partial charge on any atom is -0.360 e. The molecule has 3 nitrogen and oxygen atoms in total. The van der Waals surface area contributed by atoms with Crippen molar-refractivity contribution in [3.8, 4) is 0 Å². The highest BCUT2D eigenvalue weighted by molar-refractivity contribution is 6.31. The maximum Gasteiger partial charge on any atom is 0.255 e. The molecular formula is C19H23ClN2O. The lowest BCUT2D eigenvalue weighted by Gasteiger charge is -2.48. The van der Waals surface area contributed by atoms with E-state index in [-0.39, 0.29) is 5.91 Å². The quantitative estimate of drug-likeness (QED) is 0.856. The second-order valence-electron chi connectivity index (χ2n) is 7.54. The van der Waals surface area contributed by atoms with Gasteiger partial charge in [0.1, 0.15) is 0 Å². The van der Waals surface area contributed by atoms with E-state index in [9.17, 15) is 4.79 Å². The second-order valence-corrected chi connectivity index (χ2v) is 7.97. The molecule has 5 rings (SSSR count). The summed E-state index contributed by atoms with van der Waals surface area (Å²) in [7, 11) is 1.95. The van der Waals surface area contributed by atoms with Gasteiger partial charge in [-0.05, 0) is 68.1 Å². The van der Waals surface area contributed by atoms with Gasteiger partial charge in [-0.1, -0.05) is 11.6 Å². The van der Waals surface area contributed by atoms with Crippen LogP contribution in [-0.4, -0.2) is 29.4 Å². The molecule has 1 heterocycles. The number of H-pyrrole nitrogens is 1. The highest BCUT2D eigenvalue weighted by Gasteiger charge is 2.41. The molecule has 1 N–H and O–H groups in total.